The Bertz CT molecular complexity index is 1210. The SMILES string of the molecule is O=c1c2ccccc2n(Cc2ccccc2Cl)c(=O)n1-c1ccccc1. The van der Waals surface area contributed by atoms with Crippen molar-refractivity contribution in [1.82, 2.24) is 9.13 Å². The molecule has 0 atom stereocenters. The lowest BCUT2D eigenvalue weighted by Crippen LogP contribution is -2.39. The van der Waals surface area contributed by atoms with E-state index in [2.05, 4.69) is 0 Å². The summed E-state index contributed by atoms with van der Waals surface area (Å²) in [6.07, 6.45) is 0. The summed E-state index contributed by atoms with van der Waals surface area (Å²) in [6, 6.07) is 23.5. The molecule has 0 saturated carbocycles. The van der Waals surface area contributed by atoms with Crippen molar-refractivity contribution in [2.75, 3.05) is 0 Å². The van der Waals surface area contributed by atoms with Gasteiger partial charge in [-0.05, 0) is 35.9 Å². The Labute approximate surface area is 154 Å². The van der Waals surface area contributed by atoms with E-state index >= 15 is 0 Å². The van der Waals surface area contributed by atoms with Gasteiger partial charge in [0.1, 0.15) is 0 Å². The number of hydrogen-bond donors (Lipinski definition) is 0. The van der Waals surface area contributed by atoms with E-state index in [1.165, 1.54) is 4.57 Å². The Hall–Kier alpha value is -3.11. The molecule has 4 nitrogen and oxygen atoms in total. The summed E-state index contributed by atoms with van der Waals surface area (Å²) in [5.41, 5.74) is 1.24. The van der Waals surface area contributed by atoms with Gasteiger partial charge in [-0.1, -0.05) is 60.1 Å². The highest BCUT2D eigenvalue weighted by Gasteiger charge is 2.15. The third-order valence-corrected chi connectivity index (χ3v) is 4.72. The third-order valence-electron chi connectivity index (χ3n) is 4.35. The molecule has 0 radical (unpaired) electrons. The van der Waals surface area contributed by atoms with Crippen LogP contribution < -0.4 is 11.2 Å². The van der Waals surface area contributed by atoms with Crippen molar-refractivity contribution in [3.63, 3.8) is 0 Å². The van der Waals surface area contributed by atoms with Crippen LogP contribution in [0.25, 0.3) is 16.6 Å². The van der Waals surface area contributed by atoms with Crippen LogP contribution in [0.5, 0.6) is 0 Å². The average Bonchev–Trinajstić information content (AvgIpc) is 2.67. The molecule has 0 aliphatic rings. The zero-order valence-corrected chi connectivity index (χ0v) is 14.6. The van der Waals surface area contributed by atoms with E-state index in [1.54, 1.807) is 53.1 Å². The fraction of sp³-hybridized carbons (Fsp3) is 0.0476. The molecular weight excluding hydrogens is 348 g/mol. The minimum atomic E-state index is -0.389. The van der Waals surface area contributed by atoms with Gasteiger partial charge in [-0.15, -0.1) is 0 Å². The Balaban J connectivity index is 2.05. The molecule has 4 rings (SSSR count). The summed E-state index contributed by atoms with van der Waals surface area (Å²) >= 11 is 6.28. The van der Waals surface area contributed by atoms with Crippen LogP contribution in [0.2, 0.25) is 5.02 Å². The Kier molecular flexibility index (Phi) is 4.19. The van der Waals surface area contributed by atoms with Crippen LogP contribution in [-0.2, 0) is 6.54 Å². The van der Waals surface area contributed by atoms with E-state index in [0.29, 0.717) is 21.6 Å². The largest absolute Gasteiger partial charge is 0.336 e. The quantitative estimate of drug-likeness (QED) is 0.555. The minimum Gasteiger partial charge on any atom is -0.288 e. The Morgan fingerprint density at radius 3 is 2.19 bits per heavy atom. The van der Waals surface area contributed by atoms with E-state index in [1.807, 2.05) is 30.3 Å². The zero-order valence-electron chi connectivity index (χ0n) is 13.8. The second kappa shape index (κ2) is 6.65. The van der Waals surface area contributed by atoms with Crippen LogP contribution in [0.3, 0.4) is 0 Å². The molecule has 0 fully saturated rings. The van der Waals surface area contributed by atoms with Gasteiger partial charge in [-0.2, -0.15) is 0 Å². The maximum absolute atomic E-state index is 13.2. The number of rotatable bonds is 3. The van der Waals surface area contributed by atoms with E-state index in [9.17, 15) is 9.59 Å². The van der Waals surface area contributed by atoms with Crippen LogP contribution in [0.15, 0.2) is 88.5 Å². The highest BCUT2D eigenvalue weighted by Crippen LogP contribution is 2.18. The van der Waals surface area contributed by atoms with Crippen molar-refractivity contribution in [2.24, 2.45) is 0 Å². The van der Waals surface area contributed by atoms with Crippen LogP contribution in [0.4, 0.5) is 0 Å². The number of halogens is 1. The molecule has 0 N–H and O–H groups in total. The van der Waals surface area contributed by atoms with Crippen molar-refractivity contribution in [1.29, 1.82) is 0 Å². The number of aromatic nitrogens is 2. The maximum Gasteiger partial charge on any atom is 0.336 e. The number of benzene rings is 3. The van der Waals surface area contributed by atoms with Crippen LogP contribution in [0.1, 0.15) is 5.56 Å². The van der Waals surface area contributed by atoms with E-state index in [0.717, 1.165) is 5.56 Å². The number of para-hydroxylation sites is 2. The molecule has 0 amide bonds. The number of hydrogen-bond acceptors (Lipinski definition) is 2. The highest BCUT2D eigenvalue weighted by molar-refractivity contribution is 6.31. The molecule has 0 saturated heterocycles. The molecule has 128 valence electrons. The second-order valence-electron chi connectivity index (χ2n) is 5.95. The zero-order chi connectivity index (χ0) is 18.1. The van der Waals surface area contributed by atoms with Crippen molar-refractivity contribution < 1.29 is 0 Å². The van der Waals surface area contributed by atoms with Crippen molar-refractivity contribution >= 4 is 22.5 Å². The summed E-state index contributed by atoms with van der Waals surface area (Å²) < 4.78 is 2.80. The van der Waals surface area contributed by atoms with E-state index in [4.69, 9.17) is 11.6 Å². The summed E-state index contributed by atoms with van der Waals surface area (Å²) in [7, 11) is 0. The maximum atomic E-state index is 13.2. The lowest BCUT2D eigenvalue weighted by molar-refractivity contribution is 0.715. The minimum absolute atomic E-state index is 0.284. The lowest BCUT2D eigenvalue weighted by atomic mass is 10.2. The summed E-state index contributed by atoms with van der Waals surface area (Å²) in [6.45, 7) is 0.284. The average molecular weight is 363 g/mol. The molecule has 0 unspecified atom stereocenters. The lowest BCUT2D eigenvalue weighted by Gasteiger charge is -2.15. The summed E-state index contributed by atoms with van der Waals surface area (Å²) in [4.78, 5) is 26.1. The van der Waals surface area contributed by atoms with Gasteiger partial charge >= 0.3 is 5.69 Å². The first-order chi connectivity index (χ1) is 12.7. The molecule has 0 bridgehead atoms. The fourth-order valence-electron chi connectivity index (χ4n) is 3.08. The molecular formula is C21H15ClN2O2. The molecule has 26 heavy (non-hydrogen) atoms. The third kappa shape index (κ3) is 2.74. The van der Waals surface area contributed by atoms with Gasteiger partial charge in [-0.3, -0.25) is 9.36 Å². The first-order valence-corrected chi connectivity index (χ1v) is 8.58. The van der Waals surface area contributed by atoms with Crippen LogP contribution in [-0.4, -0.2) is 9.13 Å². The summed E-state index contributed by atoms with van der Waals surface area (Å²) in [5.74, 6) is 0. The monoisotopic (exact) mass is 362 g/mol. The smallest absolute Gasteiger partial charge is 0.288 e. The van der Waals surface area contributed by atoms with Crippen molar-refractivity contribution in [3.8, 4) is 5.69 Å². The molecule has 1 aromatic heterocycles. The molecule has 0 aliphatic carbocycles. The fourth-order valence-corrected chi connectivity index (χ4v) is 3.27. The first-order valence-electron chi connectivity index (χ1n) is 8.20. The van der Waals surface area contributed by atoms with Crippen LogP contribution >= 0.6 is 11.6 Å². The van der Waals surface area contributed by atoms with Gasteiger partial charge in [0.15, 0.2) is 0 Å². The standard InChI is InChI=1S/C21H15ClN2O2/c22-18-12-6-4-8-15(18)14-23-19-13-7-5-11-17(19)20(25)24(21(23)26)16-9-2-1-3-10-16/h1-13H,14H2. The molecule has 1 heterocycles. The molecule has 5 heteroatoms. The van der Waals surface area contributed by atoms with Crippen molar-refractivity contribution in [3.05, 3.63) is 110 Å². The van der Waals surface area contributed by atoms with E-state index in [-0.39, 0.29) is 17.8 Å². The van der Waals surface area contributed by atoms with Crippen molar-refractivity contribution in [2.45, 2.75) is 6.54 Å². The number of fused-ring (bicyclic) bond motifs is 1. The number of nitrogens with zero attached hydrogens (tertiary/aromatic N) is 2. The molecule has 0 spiro atoms. The van der Waals surface area contributed by atoms with Gasteiger partial charge in [0, 0.05) is 5.02 Å². The highest BCUT2D eigenvalue weighted by atomic mass is 35.5. The topological polar surface area (TPSA) is 44.0 Å². The van der Waals surface area contributed by atoms with Crippen LogP contribution in [0, 0.1) is 0 Å². The van der Waals surface area contributed by atoms with E-state index < -0.39 is 0 Å². The van der Waals surface area contributed by atoms with Gasteiger partial charge in [-0.25, -0.2) is 9.36 Å². The van der Waals surface area contributed by atoms with Gasteiger partial charge < -0.3 is 0 Å². The normalized spacial score (nSPS) is 11.0. The predicted molar refractivity (Wildman–Crippen MR) is 104 cm³/mol. The second-order valence-corrected chi connectivity index (χ2v) is 6.36. The molecule has 4 aromatic rings. The first kappa shape index (κ1) is 16.4. The van der Waals surface area contributed by atoms with Gasteiger partial charge in [0.2, 0.25) is 0 Å². The molecule has 3 aromatic carbocycles. The molecule has 0 aliphatic heterocycles. The summed E-state index contributed by atoms with van der Waals surface area (Å²) in [5, 5.41) is 1.07. The Morgan fingerprint density at radius 1 is 0.769 bits per heavy atom. The van der Waals surface area contributed by atoms with Gasteiger partial charge in [0.05, 0.1) is 23.1 Å². The predicted octanol–water partition coefficient (Wildman–Crippen LogP) is 3.85. The Morgan fingerprint density at radius 2 is 1.42 bits per heavy atom. The van der Waals surface area contributed by atoms with Gasteiger partial charge in [0.25, 0.3) is 5.56 Å².